The van der Waals surface area contributed by atoms with Crippen molar-refractivity contribution < 1.29 is 23.7 Å². The van der Waals surface area contributed by atoms with Crippen LogP contribution in [-0.4, -0.2) is 45.8 Å². The van der Waals surface area contributed by atoms with Gasteiger partial charge in [-0.25, -0.2) is 0 Å². The normalized spacial score (nSPS) is 10.2. The molecule has 162 valence electrons. The second-order valence-electron chi connectivity index (χ2n) is 6.49. The number of unbranched alkanes of at least 4 members (excludes halogenated alkanes) is 2. The third kappa shape index (κ3) is 6.99. The quantitative estimate of drug-likeness (QED) is 0.311. The molecule has 2 N–H and O–H groups in total. The molecule has 1 amide bonds. The molecule has 0 aliphatic rings. The van der Waals surface area contributed by atoms with Crippen molar-refractivity contribution in [2.45, 2.75) is 26.2 Å². The van der Waals surface area contributed by atoms with Gasteiger partial charge in [0, 0.05) is 18.2 Å². The lowest BCUT2D eigenvalue weighted by Gasteiger charge is -2.12. The Hall–Kier alpha value is -3.22. The van der Waals surface area contributed by atoms with E-state index in [-0.39, 0.29) is 11.8 Å². The average molecular weight is 415 g/mol. The van der Waals surface area contributed by atoms with Crippen molar-refractivity contribution >= 4 is 11.8 Å². The van der Waals surface area contributed by atoms with Crippen molar-refractivity contribution in [3.05, 3.63) is 53.6 Å². The molecule has 2 rings (SSSR count). The lowest BCUT2D eigenvalue weighted by atomic mass is 10.2. The number of carbonyl (C=O) groups excluding carboxylic acids is 1. The van der Waals surface area contributed by atoms with Crippen molar-refractivity contribution in [2.75, 3.05) is 34.0 Å². The summed E-state index contributed by atoms with van der Waals surface area (Å²) >= 11 is 0. The summed E-state index contributed by atoms with van der Waals surface area (Å²) in [4.78, 5) is 11.7. The number of ether oxygens (including phenoxy) is 4. The Kier molecular flexibility index (Phi) is 9.51. The zero-order valence-corrected chi connectivity index (χ0v) is 17.8. The molecule has 0 unspecified atom stereocenters. The number of methoxy groups -OCH3 is 1. The van der Waals surface area contributed by atoms with E-state index < -0.39 is 0 Å². The maximum Gasteiger partial charge on any atom is 0.251 e. The van der Waals surface area contributed by atoms with Crippen LogP contribution in [0.1, 0.15) is 42.1 Å². The number of carbonyl (C=O) groups is 1. The lowest BCUT2D eigenvalue weighted by Crippen LogP contribution is -2.17. The van der Waals surface area contributed by atoms with E-state index >= 15 is 0 Å². The van der Waals surface area contributed by atoms with E-state index in [0.717, 1.165) is 30.6 Å². The molecule has 0 bridgehead atoms. The highest BCUT2D eigenvalue weighted by molar-refractivity contribution is 5.94. The Bertz CT molecular complexity index is 821. The summed E-state index contributed by atoms with van der Waals surface area (Å²) < 4.78 is 22.0. The van der Waals surface area contributed by atoms with Gasteiger partial charge in [0.2, 0.25) is 5.90 Å². The third-order valence-electron chi connectivity index (χ3n) is 4.37. The molecule has 7 heteroatoms. The number of benzene rings is 2. The molecular formula is C23H30N2O5. The first-order chi connectivity index (χ1) is 14.6. The van der Waals surface area contributed by atoms with Crippen LogP contribution in [0.25, 0.3) is 0 Å². The first-order valence-electron chi connectivity index (χ1n) is 10.1. The first kappa shape index (κ1) is 23.1. The molecule has 0 heterocycles. The molecule has 0 atom stereocenters. The minimum atomic E-state index is -0.165. The Morgan fingerprint density at radius 2 is 1.60 bits per heavy atom. The number of nitrogens with one attached hydrogen (secondary N) is 2. The lowest BCUT2D eigenvalue weighted by molar-refractivity contribution is 0.0962. The molecule has 0 spiro atoms. The highest BCUT2D eigenvalue weighted by atomic mass is 16.5. The van der Waals surface area contributed by atoms with Crippen molar-refractivity contribution in [1.82, 2.24) is 5.32 Å². The second kappa shape index (κ2) is 12.4. The summed E-state index contributed by atoms with van der Waals surface area (Å²) in [5.41, 5.74) is 1.27. The van der Waals surface area contributed by atoms with Gasteiger partial charge in [0.15, 0.2) is 11.5 Å². The smallest absolute Gasteiger partial charge is 0.251 e. The molecule has 30 heavy (non-hydrogen) atoms. The SMILES string of the molecule is CCOC(=N)c1ccc(OCCCCCOc2ccc(C(=O)NC)cc2OC)cc1. The first-order valence-corrected chi connectivity index (χ1v) is 10.1. The molecule has 0 radical (unpaired) electrons. The molecule has 2 aromatic rings. The van der Waals surface area contributed by atoms with Gasteiger partial charge in [0.05, 0.1) is 26.9 Å². The van der Waals surface area contributed by atoms with E-state index in [1.807, 2.05) is 31.2 Å². The van der Waals surface area contributed by atoms with E-state index in [0.29, 0.717) is 36.9 Å². The van der Waals surface area contributed by atoms with Crippen molar-refractivity contribution in [3.63, 3.8) is 0 Å². The average Bonchev–Trinajstić information content (AvgIpc) is 2.78. The maximum absolute atomic E-state index is 11.7. The number of rotatable bonds is 12. The summed E-state index contributed by atoms with van der Waals surface area (Å²) in [7, 11) is 3.14. The molecule has 0 aromatic heterocycles. The summed E-state index contributed by atoms with van der Waals surface area (Å²) in [6, 6.07) is 12.5. The molecule has 0 aliphatic carbocycles. The van der Waals surface area contributed by atoms with Crippen molar-refractivity contribution in [3.8, 4) is 17.2 Å². The predicted octanol–water partition coefficient (Wildman–Crippen LogP) is 4.04. The topological polar surface area (TPSA) is 89.9 Å². The molecule has 0 fully saturated rings. The molecule has 0 aliphatic heterocycles. The molecule has 0 saturated carbocycles. The van der Waals surface area contributed by atoms with Crippen LogP contribution in [0.15, 0.2) is 42.5 Å². The largest absolute Gasteiger partial charge is 0.494 e. The van der Waals surface area contributed by atoms with Crippen LogP contribution >= 0.6 is 0 Å². The van der Waals surface area contributed by atoms with E-state index in [9.17, 15) is 4.79 Å². The predicted molar refractivity (Wildman–Crippen MR) is 116 cm³/mol. The monoisotopic (exact) mass is 414 g/mol. The van der Waals surface area contributed by atoms with Crippen LogP contribution in [-0.2, 0) is 4.74 Å². The van der Waals surface area contributed by atoms with Gasteiger partial charge in [-0.2, -0.15) is 0 Å². The Balaban J connectivity index is 1.66. The maximum atomic E-state index is 11.7. The number of amides is 1. The minimum absolute atomic E-state index is 0.165. The van der Waals surface area contributed by atoms with Crippen LogP contribution in [0, 0.1) is 5.41 Å². The zero-order chi connectivity index (χ0) is 21.8. The van der Waals surface area contributed by atoms with E-state index in [1.54, 1.807) is 32.4 Å². The van der Waals surface area contributed by atoms with Crippen LogP contribution in [0.3, 0.4) is 0 Å². The minimum Gasteiger partial charge on any atom is -0.494 e. The van der Waals surface area contributed by atoms with Gasteiger partial charge in [-0.05, 0) is 68.7 Å². The third-order valence-corrected chi connectivity index (χ3v) is 4.37. The molecule has 0 saturated heterocycles. The molecular weight excluding hydrogens is 384 g/mol. The van der Waals surface area contributed by atoms with Crippen molar-refractivity contribution in [2.24, 2.45) is 0 Å². The summed E-state index contributed by atoms with van der Waals surface area (Å²) in [6.45, 7) is 3.52. The number of hydrogen-bond acceptors (Lipinski definition) is 6. The van der Waals surface area contributed by atoms with Crippen LogP contribution in [0.5, 0.6) is 17.2 Å². The van der Waals surface area contributed by atoms with Gasteiger partial charge in [0.1, 0.15) is 5.75 Å². The second-order valence-corrected chi connectivity index (χ2v) is 6.49. The Morgan fingerprint density at radius 1 is 0.933 bits per heavy atom. The van der Waals surface area contributed by atoms with E-state index in [4.69, 9.17) is 24.4 Å². The van der Waals surface area contributed by atoms with E-state index in [1.165, 1.54) is 0 Å². The van der Waals surface area contributed by atoms with Gasteiger partial charge in [-0.3, -0.25) is 10.2 Å². The fraction of sp³-hybridized carbons (Fsp3) is 0.391. The summed E-state index contributed by atoms with van der Waals surface area (Å²) in [5.74, 6) is 1.95. The molecule has 2 aromatic carbocycles. The van der Waals surface area contributed by atoms with Crippen LogP contribution in [0.4, 0.5) is 0 Å². The van der Waals surface area contributed by atoms with Crippen LogP contribution in [0.2, 0.25) is 0 Å². The van der Waals surface area contributed by atoms with E-state index in [2.05, 4.69) is 5.32 Å². The standard InChI is InChI=1S/C23H30N2O5/c1-4-28-22(24)17-8-11-19(12-9-17)29-14-6-5-7-15-30-20-13-10-18(23(26)25-2)16-21(20)27-3/h8-13,16,24H,4-7,14-15H2,1-3H3,(H,25,26). The Labute approximate surface area is 177 Å². The highest BCUT2D eigenvalue weighted by Gasteiger charge is 2.10. The Morgan fingerprint density at radius 3 is 2.23 bits per heavy atom. The fourth-order valence-corrected chi connectivity index (χ4v) is 2.76. The zero-order valence-electron chi connectivity index (χ0n) is 17.8. The molecule has 7 nitrogen and oxygen atoms in total. The number of hydrogen-bond donors (Lipinski definition) is 2. The van der Waals surface area contributed by atoms with Gasteiger partial charge in [-0.1, -0.05) is 0 Å². The van der Waals surface area contributed by atoms with Crippen LogP contribution < -0.4 is 19.5 Å². The highest BCUT2D eigenvalue weighted by Crippen LogP contribution is 2.28. The fourth-order valence-electron chi connectivity index (χ4n) is 2.76. The summed E-state index contributed by atoms with van der Waals surface area (Å²) in [6.07, 6.45) is 2.76. The van der Waals surface area contributed by atoms with Gasteiger partial charge in [-0.15, -0.1) is 0 Å². The van der Waals surface area contributed by atoms with Gasteiger partial charge >= 0.3 is 0 Å². The van der Waals surface area contributed by atoms with Gasteiger partial charge < -0.3 is 24.3 Å². The van der Waals surface area contributed by atoms with Crippen molar-refractivity contribution in [1.29, 1.82) is 5.41 Å². The summed E-state index contributed by atoms with van der Waals surface area (Å²) in [5, 5.41) is 10.3. The van der Waals surface area contributed by atoms with Gasteiger partial charge in [0.25, 0.3) is 5.91 Å².